The highest BCUT2D eigenvalue weighted by molar-refractivity contribution is 5.99. The number of nitrogens with zero attached hydrogens (tertiary/aromatic N) is 4. The first kappa shape index (κ1) is 17.0. The van der Waals surface area contributed by atoms with E-state index < -0.39 is 6.43 Å². The van der Waals surface area contributed by atoms with Crippen LogP contribution in [0.1, 0.15) is 36.3 Å². The molecule has 2 heterocycles. The normalized spacial score (nSPS) is 11.5. The number of amides is 1. The number of carbonyl (C=O) groups is 1. The fraction of sp³-hybridized carbons (Fsp3) is 0.278. The Kier molecular flexibility index (Phi) is 4.48. The highest BCUT2D eigenvalue weighted by atomic mass is 19.3. The van der Waals surface area contributed by atoms with Gasteiger partial charge in [0, 0.05) is 18.7 Å². The van der Waals surface area contributed by atoms with Gasteiger partial charge in [-0.15, -0.1) is 0 Å². The minimum atomic E-state index is -2.74. The summed E-state index contributed by atoms with van der Waals surface area (Å²) < 4.78 is 28.1. The molecule has 7 heteroatoms. The summed E-state index contributed by atoms with van der Waals surface area (Å²) in [6.07, 6.45) is -1.44. The van der Waals surface area contributed by atoms with Crippen LogP contribution in [0.15, 0.2) is 42.6 Å². The Morgan fingerprint density at radius 3 is 2.48 bits per heavy atom. The predicted octanol–water partition coefficient (Wildman–Crippen LogP) is 3.81. The number of hydrogen-bond acceptors (Lipinski definition) is 3. The lowest BCUT2D eigenvalue weighted by atomic mass is 10.1. The van der Waals surface area contributed by atoms with Gasteiger partial charge in [-0.25, -0.2) is 18.3 Å². The van der Waals surface area contributed by atoms with E-state index in [2.05, 4.69) is 10.1 Å². The minimum absolute atomic E-state index is 0.0330. The molecule has 25 heavy (non-hydrogen) atoms. The largest absolute Gasteiger partial charge is 0.339 e. The van der Waals surface area contributed by atoms with Crippen LogP contribution in [0, 0.1) is 0 Å². The van der Waals surface area contributed by atoms with Crippen LogP contribution in [0.5, 0.6) is 0 Å². The van der Waals surface area contributed by atoms with E-state index in [9.17, 15) is 13.6 Å². The Bertz CT molecular complexity index is 906. The van der Waals surface area contributed by atoms with Crippen molar-refractivity contribution in [1.82, 2.24) is 19.5 Å². The van der Waals surface area contributed by atoms with Gasteiger partial charge in [0.05, 0.1) is 11.9 Å². The Hall–Kier alpha value is -2.83. The molecule has 3 aromatic rings. The molecule has 0 unspecified atom stereocenters. The summed E-state index contributed by atoms with van der Waals surface area (Å²) in [6.45, 7) is 3.74. The first-order chi connectivity index (χ1) is 11.9. The van der Waals surface area contributed by atoms with Crippen LogP contribution in [0.25, 0.3) is 16.9 Å². The van der Waals surface area contributed by atoms with E-state index in [0.29, 0.717) is 11.3 Å². The van der Waals surface area contributed by atoms with Gasteiger partial charge in [-0.1, -0.05) is 30.3 Å². The van der Waals surface area contributed by atoms with Crippen LogP contribution in [0.3, 0.4) is 0 Å². The number of hydrogen-bond donors (Lipinski definition) is 0. The monoisotopic (exact) mass is 344 g/mol. The number of rotatable bonds is 4. The van der Waals surface area contributed by atoms with Crippen LogP contribution in [0.2, 0.25) is 0 Å². The predicted molar refractivity (Wildman–Crippen MR) is 90.6 cm³/mol. The Morgan fingerprint density at radius 2 is 1.88 bits per heavy atom. The van der Waals surface area contributed by atoms with Gasteiger partial charge >= 0.3 is 0 Å². The molecule has 0 aliphatic carbocycles. The van der Waals surface area contributed by atoms with Crippen LogP contribution >= 0.6 is 0 Å². The average Bonchev–Trinajstić information content (AvgIpc) is 3.03. The molecule has 5 nitrogen and oxygen atoms in total. The number of halogens is 2. The summed E-state index contributed by atoms with van der Waals surface area (Å²) in [6, 6.07) is 10.3. The zero-order valence-corrected chi connectivity index (χ0v) is 14.1. The zero-order chi connectivity index (χ0) is 18.1. The number of carbonyl (C=O) groups excluding carboxylic acids is 1. The first-order valence-corrected chi connectivity index (χ1v) is 7.89. The Morgan fingerprint density at radius 1 is 1.20 bits per heavy atom. The Labute approximate surface area is 143 Å². The third-order valence-electron chi connectivity index (χ3n) is 4.12. The molecule has 1 aromatic carbocycles. The smallest absolute Gasteiger partial charge is 0.280 e. The lowest BCUT2D eigenvalue weighted by molar-refractivity contribution is 0.0756. The quantitative estimate of drug-likeness (QED) is 0.723. The number of alkyl halides is 2. The summed E-state index contributed by atoms with van der Waals surface area (Å²) in [5, 5.41) is 3.96. The number of fused-ring (bicyclic) bond motifs is 1. The van der Waals surface area contributed by atoms with Crippen molar-refractivity contribution in [3.63, 3.8) is 0 Å². The maximum Gasteiger partial charge on any atom is 0.280 e. The number of aromatic nitrogens is 3. The molecule has 1 amide bonds. The molecular formula is C18H18F2N4O. The van der Waals surface area contributed by atoms with E-state index in [1.54, 1.807) is 31.3 Å². The van der Waals surface area contributed by atoms with Crippen molar-refractivity contribution in [2.75, 3.05) is 7.05 Å². The van der Waals surface area contributed by atoms with Crippen molar-refractivity contribution >= 4 is 11.6 Å². The Balaban J connectivity index is 2.22. The highest BCUT2D eigenvalue weighted by Crippen LogP contribution is 2.27. The molecule has 0 atom stereocenters. The maximum absolute atomic E-state index is 13.5. The molecule has 3 rings (SSSR count). The second-order valence-corrected chi connectivity index (χ2v) is 6.04. The van der Waals surface area contributed by atoms with Gasteiger partial charge in [0.1, 0.15) is 11.3 Å². The molecule has 2 aromatic heterocycles. The van der Waals surface area contributed by atoms with Gasteiger partial charge in [-0.05, 0) is 19.9 Å². The molecule has 130 valence electrons. The molecular weight excluding hydrogens is 326 g/mol. The molecule has 0 spiro atoms. The first-order valence-electron chi connectivity index (χ1n) is 7.89. The van der Waals surface area contributed by atoms with Gasteiger partial charge in [0.15, 0.2) is 5.65 Å². The molecule has 0 saturated carbocycles. The van der Waals surface area contributed by atoms with Crippen molar-refractivity contribution in [3.05, 3.63) is 53.9 Å². The molecule has 0 aliphatic rings. The average molecular weight is 344 g/mol. The van der Waals surface area contributed by atoms with Crippen LogP contribution in [-0.4, -0.2) is 38.5 Å². The molecule has 0 fully saturated rings. The van der Waals surface area contributed by atoms with Crippen molar-refractivity contribution in [1.29, 1.82) is 0 Å². The standard InChI is InChI=1S/C18H18F2N4O/c1-11(2)23(3)18(25)13-10-21-24-15(16(19)20)9-14(22-17(13)24)12-7-5-4-6-8-12/h4-11,16H,1-3H3. The van der Waals surface area contributed by atoms with Gasteiger partial charge < -0.3 is 4.90 Å². The summed E-state index contributed by atoms with van der Waals surface area (Å²) >= 11 is 0. The molecule has 0 N–H and O–H groups in total. The third-order valence-corrected chi connectivity index (χ3v) is 4.12. The van der Waals surface area contributed by atoms with E-state index in [1.165, 1.54) is 17.2 Å². The highest BCUT2D eigenvalue weighted by Gasteiger charge is 2.24. The fourth-order valence-corrected chi connectivity index (χ4v) is 2.47. The van der Waals surface area contributed by atoms with Gasteiger partial charge in [0.25, 0.3) is 12.3 Å². The van der Waals surface area contributed by atoms with Crippen LogP contribution < -0.4 is 0 Å². The van der Waals surface area contributed by atoms with Gasteiger partial charge in [-0.3, -0.25) is 4.79 Å². The lowest BCUT2D eigenvalue weighted by Gasteiger charge is -2.20. The minimum Gasteiger partial charge on any atom is -0.339 e. The maximum atomic E-state index is 13.5. The number of benzene rings is 1. The van der Waals surface area contributed by atoms with E-state index in [-0.39, 0.29) is 28.9 Å². The summed E-state index contributed by atoms with van der Waals surface area (Å²) in [4.78, 5) is 18.6. The topological polar surface area (TPSA) is 50.5 Å². The third kappa shape index (κ3) is 3.09. The van der Waals surface area contributed by atoms with Crippen molar-refractivity contribution in [3.8, 4) is 11.3 Å². The van der Waals surface area contributed by atoms with Gasteiger partial charge in [0.2, 0.25) is 0 Å². The summed E-state index contributed by atoms with van der Waals surface area (Å²) in [5.74, 6) is -0.303. The van der Waals surface area contributed by atoms with E-state index >= 15 is 0 Å². The molecule has 0 radical (unpaired) electrons. The van der Waals surface area contributed by atoms with Crippen LogP contribution in [-0.2, 0) is 0 Å². The van der Waals surface area contributed by atoms with E-state index in [0.717, 1.165) is 4.52 Å². The van der Waals surface area contributed by atoms with E-state index in [1.807, 2.05) is 19.9 Å². The summed E-state index contributed by atoms with van der Waals surface area (Å²) in [5.41, 5.74) is 1.12. The van der Waals surface area contributed by atoms with Crippen molar-refractivity contribution in [2.24, 2.45) is 0 Å². The van der Waals surface area contributed by atoms with E-state index in [4.69, 9.17) is 0 Å². The van der Waals surface area contributed by atoms with Crippen molar-refractivity contribution in [2.45, 2.75) is 26.3 Å². The molecule has 0 saturated heterocycles. The van der Waals surface area contributed by atoms with Crippen molar-refractivity contribution < 1.29 is 13.6 Å². The lowest BCUT2D eigenvalue weighted by Crippen LogP contribution is -2.33. The fourth-order valence-electron chi connectivity index (χ4n) is 2.47. The molecule has 0 aliphatic heterocycles. The summed E-state index contributed by atoms with van der Waals surface area (Å²) in [7, 11) is 1.66. The molecule has 0 bridgehead atoms. The zero-order valence-electron chi connectivity index (χ0n) is 14.1. The van der Waals surface area contributed by atoms with Crippen LogP contribution in [0.4, 0.5) is 8.78 Å². The van der Waals surface area contributed by atoms with Gasteiger partial charge in [-0.2, -0.15) is 5.10 Å². The second kappa shape index (κ2) is 6.58. The SMILES string of the molecule is CC(C)N(C)C(=O)c1cnn2c(C(F)F)cc(-c3ccccc3)nc12. The second-order valence-electron chi connectivity index (χ2n) is 6.04.